The molecule has 1 aliphatic heterocycles. The first-order valence-electron chi connectivity index (χ1n) is 9.07. The van der Waals surface area contributed by atoms with Crippen molar-refractivity contribution in [2.24, 2.45) is 0 Å². The fourth-order valence-corrected chi connectivity index (χ4v) is 4.68. The number of hydrogen-bond donors (Lipinski definition) is 1. The Morgan fingerprint density at radius 3 is 2.83 bits per heavy atom. The molecule has 4 rings (SSSR count). The topological polar surface area (TPSA) is 93.0 Å². The van der Waals surface area contributed by atoms with E-state index in [9.17, 15) is 9.59 Å². The van der Waals surface area contributed by atoms with Crippen LogP contribution in [0.15, 0.2) is 46.9 Å². The van der Waals surface area contributed by atoms with E-state index >= 15 is 0 Å². The lowest BCUT2D eigenvalue weighted by Crippen LogP contribution is -2.60. The van der Waals surface area contributed by atoms with Crippen LogP contribution in [0.25, 0.3) is 0 Å². The second-order valence-electron chi connectivity index (χ2n) is 7.16. The highest BCUT2D eigenvalue weighted by Gasteiger charge is 2.45. The van der Waals surface area contributed by atoms with E-state index in [2.05, 4.69) is 20.8 Å². The van der Waals surface area contributed by atoms with Gasteiger partial charge in [-0.1, -0.05) is 30.0 Å². The van der Waals surface area contributed by atoms with Crippen molar-refractivity contribution in [2.45, 2.75) is 43.3 Å². The zero-order valence-electron chi connectivity index (χ0n) is 16.2. The molecule has 2 amide bonds. The number of carbonyl (C=O) groups is 2. The van der Waals surface area contributed by atoms with Crippen LogP contribution in [-0.2, 0) is 16.1 Å². The van der Waals surface area contributed by atoms with Gasteiger partial charge in [0.05, 0.1) is 23.2 Å². The SMILES string of the molecule is CC(Sc1nnnn1Cc1cccs1)C(=O)N1c2ccccc2NC(=O)C1(C)C. The highest BCUT2D eigenvalue weighted by atomic mass is 32.2. The maximum atomic E-state index is 13.4. The Balaban J connectivity index is 1.58. The summed E-state index contributed by atoms with van der Waals surface area (Å²) in [7, 11) is 0. The Bertz CT molecular complexity index is 1050. The van der Waals surface area contributed by atoms with Crippen LogP contribution in [0.3, 0.4) is 0 Å². The molecule has 2 aromatic heterocycles. The van der Waals surface area contributed by atoms with E-state index in [1.54, 1.807) is 40.8 Å². The number of aromatic nitrogens is 4. The number of benzene rings is 1. The Morgan fingerprint density at radius 1 is 1.28 bits per heavy atom. The van der Waals surface area contributed by atoms with E-state index in [1.807, 2.05) is 42.6 Å². The zero-order chi connectivity index (χ0) is 20.6. The molecule has 1 atom stereocenters. The molecule has 1 N–H and O–H groups in total. The minimum Gasteiger partial charge on any atom is -0.322 e. The van der Waals surface area contributed by atoms with Gasteiger partial charge >= 0.3 is 0 Å². The largest absolute Gasteiger partial charge is 0.322 e. The van der Waals surface area contributed by atoms with E-state index in [0.717, 1.165) is 4.88 Å². The third-order valence-corrected chi connectivity index (χ3v) is 6.66. The maximum Gasteiger partial charge on any atom is 0.250 e. The quantitative estimate of drug-likeness (QED) is 0.628. The van der Waals surface area contributed by atoms with Gasteiger partial charge in [-0.05, 0) is 54.8 Å². The molecule has 1 aliphatic rings. The molecule has 0 saturated carbocycles. The van der Waals surface area contributed by atoms with Crippen LogP contribution in [0.2, 0.25) is 0 Å². The van der Waals surface area contributed by atoms with E-state index in [-0.39, 0.29) is 11.8 Å². The van der Waals surface area contributed by atoms with Gasteiger partial charge in [-0.25, -0.2) is 4.68 Å². The van der Waals surface area contributed by atoms with Gasteiger partial charge in [0.1, 0.15) is 5.54 Å². The molecule has 0 fully saturated rings. The maximum absolute atomic E-state index is 13.4. The first-order valence-corrected chi connectivity index (χ1v) is 10.8. The summed E-state index contributed by atoms with van der Waals surface area (Å²) in [5.41, 5.74) is 0.306. The Kier molecular flexibility index (Phi) is 5.13. The number of anilines is 2. The van der Waals surface area contributed by atoms with Gasteiger partial charge in [0.15, 0.2) is 0 Å². The van der Waals surface area contributed by atoms with Gasteiger partial charge in [-0.15, -0.1) is 16.4 Å². The standard InChI is InChI=1S/C19H20N6O2S2/c1-12(29-18-21-22-23-24(18)11-13-7-6-10-28-13)16(26)25-15-9-5-4-8-14(15)20-17(27)19(25,2)3/h4-10,12H,11H2,1-3H3,(H,20,27). The fourth-order valence-electron chi connectivity index (χ4n) is 3.17. The summed E-state index contributed by atoms with van der Waals surface area (Å²) in [6.45, 7) is 5.85. The highest BCUT2D eigenvalue weighted by Crippen LogP contribution is 2.38. The van der Waals surface area contributed by atoms with E-state index in [0.29, 0.717) is 23.1 Å². The number of fused-ring (bicyclic) bond motifs is 1. The molecule has 8 nitrogen and oxygen atoms in total. The van der Waals surface area contributed by atoms with Crippen LogP contribution < -0.4 is 10.2 Å². The van der Waals surface area contributed by atoms with Gasteiger partial charge in [0.25, 0.3) is 0 Å². The predicted molar refractivity (Wildman–Crippen MR) is 113 cm³/mol. The highest BCUT2D eigenvalue weighted by molar-refractivity contribution is 8.00. The Labute approximate surface area is 176 Å². The molecule has 0 bridgehead atoms. The van der Waals surface area contributed by atoms with Crippen molar-refractivity contribution < 1.29 is 9.59 Å². The number of nitrogens with one attached hydrogen (secondary N) is 1. The van der Waals surface area contributed by atoms with Crippen LogP contribution in [0.1, 0.15) is 25.6 Å². The number of hydrogen-bond acceptors (Lipinski definition) is 7. The van der Waals surface area contributed by atoms with Crippen molar-refractivity contribution in [3.05, 3.63) is 46.7 Å². The molecule has 3 heterocycles. The molecule has 0 spiro atoms. The summed E-state index contributed by atoms with van der Waals surface area (Å²) in [6, 6.07) is 11.3. The molecule has 1 unspecified atom stereocenters. The number of rotatable bonds is 5. The second-order valence-corrected chi connectivity index (χ2v) is 9.50. The number of carbonyl (C=O) groups excluding carboxylic acids is 2. The molecule has 29 heavy (non-hydrogen) atoms. The summed E-state index contributed by atoms with van der Waals surface area (Å²) in [6.07, 6.45) is 0. The molecule has 150 valence electrons. The van der Waals surface area contributed by atoms with E-state index in [1.165, 1.54) is 11.8 Å². The first kappa shape index (κ1) is 19.6. The lowest BCUT2D eigenvalue weighted by molar-refractivity contribution is -0.126. The summed E-state index contributed by atoms with van der Waals surface area (Å²) < 4.78 is 1.68. The zero-order valence-corrected chi connectivity index (χ0v) is 17.8. The van der Waals surface area contributed by atoms with Crippen LogP contribution >= 0.6 is 23.1 Å². The van der Waals surface area contributed by atoms with Crippen LogP contribution in [0.4, 0.5) is 11.4 Å². The summed E-state index contributed by atoms with van der Waals surface area (Å²) >= 11 is 2.91. The van der Waals surface area contributed by atoms with Gasteiger partial charge in [-0.3, -0.25) is 14.5 Å². The second kappa shape index (κ2) is 7.60. The Hall–Kier alpha value is -2.72. The average molecular weight is 429 g/mol. The van der Waals surface area contributed by atoms with Crippen LogP contribution in [0.5, 0.6) is 0 Å². The van der Waals surface area contributed by atoms with Crippen LogP contribution in [-0.4, -0.2) is 42.8 Å². The van der Waals surface area contributed by atoms with Crippen molar-refractivity contribution in [1.82, 2.24) is 20.2 Å². The minimum absolute atomic E-state index is 0.173. The molecule has 0 aliphatic carbocycles. The minimum atomic E-state index is -1.01. The number of amides is 2. The molecular formula is C19H20N6O2S2. The lowest BCUT2D eigenvalue weighted by Gasteiger charge is -2.43. The van der Waals surface area contributed by atoms with Crippen molar-refractivity contribution in [1.29, 1.82) is 0 Å². The van der Waals surface area contributed by atoms with Gasteiger partial charge < -0.3 is 5.32 Å². The van der Waals surface area contributed by atoms with Crippen molar-refractivity contribution in [3.8, 4) is 0 Å². The summed E-state index contributed by atoms with van der Waals surface area (Å²) in [5, 5.41) is 16.8. The molecular weight excluding hydrogens is 408 g/mol. The van der Waals surface area contributed by atoms with Gasteiger partial charge in [0, 0.05) is 4.88 Å². The number of thiophene rings is 1. The lowest BCUT2D eigenvalue weighted by atomic mass is 9.96. The number of thioether (sulfide) groups is 1. The summed E-state index contributed by atoms with van der Waals surface area (Å²) in [4.78, 5) is 28.7. The van der Waals surface area contributed by atoms with Crippen LogP contribution in [0, 0.1) is 0 Å². The Morgan fingerprint density at radius 2 is 2.07 bits per heavy atom. The molecule has 1 aromatic carbocycles. The van der Waals surface area contributed by atoms with Gasteiger partial charge in [0.2, 0.25) is 17.0 Å². The molecule has 3 aromatic rings. The summed E-state index contributed by atoms with van der Waals surface area (Å²) in [5.74, 6) is -0.391. The monoisotopic (exact) mass is 428 g/mol. The fraction of sp³-hybridized carbons (Fsp3) is 0.316. The molecule has 10 heteroatoms. The predicted octanol–water partition coefficient (Wildman–Crippen LogP) is 3.03. The van der Waals surface area contributed by atoms with Crippen molar-refractivity contribution >= 4 is 46.3 Å². The average Bonchev–Trinajstić information content (AvgIpc) is 3.35. The van der Waals surface area contributed by atoms with Crippen molar-refractivity contribution in [2.75, 3.05) is 10.2 Å². The van der Waals surface area contributed by atoms with Gasteiger partial charge in [-0.2, -0.15) is 0 Å². The number of para-hydroxylation sites is 2. The number of tetrazole rings is 1. The van der Waals surface area contributed by atoms with Crippen molar-refractivity contribution in [3.63, 3.8) is 0 Å². The third-order valence-electron chi connectivity index (χ3n) is 4.74. The van der Waals surface area contributed by atoms with E-state index < -0.39 is 10.8 Å². The molecule has 0 radical (unpaired) electrons. The smallest absolute Gasteiger partial charge is 0.250 e. The number of nitrogens with zero attached hydrogens (tertiary/aromatic N) is 5. The van der Waals surface area contributed by atoms with E-state index in [4.69, 9.17) is 0 Å². The normalized spacial score (nSPS) is 16.2. The molecule has 0 saturated heterocycles. The first-order chi connectivity index (χ1) is 13.9. The third kappa shape index (κ3) is 3.65.